The van der Waals surface area contributed by atoms with E-state index in [-0.39, 0.29) is 0 Å². The van der Waals surface area contributed by atoms with Crippen molar-refractivity contribution >= 4 is 17.0 Å². The molecule has 1 amide bonds. The highest BCUT2D eigenvalue weighted by atomic mass is 16.6. The summed E-state index contributed by atoms with van der Waals surface area (Å²) in [5.74, 6) is 6.20. The van der Waals surface area contributed by atoms with Crippen molar-refractivity contribution in [3.05, 3.63) is 29.5 Å². The Labute approximate surface area is 130 Å². The zero-order valence-corrected chi connectivity index (χ0v) is 13.4. The van der Waals surface area contributed by atoms with Gasteiger partial charge in [0.15, 0.2) is 0 Å². The lowest BCUT2D eigenvalue weighted by Gasteiger charge is -2.19. The fourth-order valence-electron chi connectivity index (χ4n) is 1.93. The molecule has 2 aromatic rings. The summed E-state index contributed by atoms with van der Waals surface area (Å²) in [5.41, 5.74) is 2.61. The van der Waals surface area contributed by atoms with Crippen LogP contribution in [0.5, 0.6) is 0 Å². The summed E-state index contributed by atoms with van der Waals surface area (Å²) >= 11 is 0. The molecule has 0 unspecified atom stereocenters. The Kier molecular flexibility index (Phi) is 4.71. The Morgan fingerprint density at radius 2 is 2.18 bits per heavy atom. The summed E-state index contributed by atoms with van der Waals surface area (Å²) < 4.78 is 5.15. The van der Waals surface area contributed by atoms with Gasteiger partial charge in [-0.25, -0.2) is 4.79 Å². The molecule has 116 valence electrons. The second-order valence-electron chi connectivity index (χ2n) is 6.10. The molecular weight excluding hydrogens is 278 g/mol. The Hall–Kier alpha value is -2.48. The molecule has 5 nitrogen and oxygen atoms in total. The van der Waals surface area contributed by atoms with Crippen molar-refractivity contribution in [2.24, 2.45) is 0 Å². The third-order valence-corrected chi connectivity index (χ3v) is 2.93. The van der Waals surface area contributed by atoms with Crippen LogP contribution >= 0.6 is 0 Å². The number of aryl methyl sites for hydroxylation is 1. The van der Waals surface area contributed by atoms with E-state index in [0.29, 0.717) is 13.0 Å². The van der Waals surface area contributed by atoms with Gasteiger partial charge >= 0.3 is 6.09 Å². The van der Waals surface area contributed by atoms with Gasteiger partial charge in [0.1, 0.15) is 5.60 Å². The minimum atomic E-state index is -0.479. The molecule has 22 heavy (non-hydrogen) atoms. The molecule has 1 aromatic heterocycles. The van der Waals surface area contributed by atoms with Crippen molar-refractivity contribution in [3.8, 4) is 11.8 Å². The molecule has 0 aliphatic rings. The van der Waals surface area contributed by atoms with Crippen LogP contribution in [0.15, 0.2) is 18.3 Å². The summed E-state index contributed by atoms with van der Waals surface area (Å²) in [4.78, 5) is 11.5. The zero-order valence-electron chi connectivity index (χ0n) is 13.4. The van der Waals surface area contributed by atoms with Gasteiger partial charge in [-0.05, 0) is 45.4 Å². The second kappa shape index (κ2) is 6.52. The second-order valence-corrected chi connectivity index (χ2v) is 6.10. The summed E-state index contributed by atoms with van der Waals surface area (Å²) in [6.45, 7) is 7.99. The zero-order chi connectivity index (χ0) is 16.2. The molecule has 2 rings (SSSR count). The topological polar surface area (TPSA) is 67.0 Å². The molecule has 0 saturated carbocycles. The molecular formula is C17H21N3O2. The number of hydrogen-bond donors (Lipinski definition) is 2. The molecule has 0 saturated heterocycles. The highest BCUT2D eigenvalue weighted by Gasteiger charge is 2.15. The smallest absolute Gasteiger partial charge is 0.407 e. The number of amides is 1. The predicted octanol–water partition coefficient (Wildman–Crippen LogP) is 3.14. The van der Waals surface area contributed by atoms with Crippen molar-refractivity contribution in [1.82, 2.24) is 15.5 Å². The van der Waals surface area contributed by atoms with Gasteiger partial charge in [0.25, 0.3) is 0 Å². The maximum absolute atomic E-state index is 11.5. The molecule has 0 aliphatic carbocycles. The number of rotatable bonds is 2. The monoisotopic (exact) mass is 299 g/mol. The van der Waals surface area contributed by atoms with Crippen LogP contribution in [0.2, 0.25) is 0 Å². The first-order valence-corrected chi connectivity index (χ1v) is 7.24. The number of benzene rings is 1. The predicted molar refractivity (Wildman–Crippen MR) is 86.6 cm³/mol. The van der Waals surface area contributed by atoms with Gasteiger partial charge in [0.05, 0.1) is 11.7 Å². The standard InChI is InChI=1S/C17H21N3O2/c1-12-9-15-14(11-19-20-15)10-13(12)7-5-6-8-18-16(21)22-17(2,3)4/h9-11H,6,8H2,1-4H3,(H,18,21)(H,19,20). The Bertz CT molecular complexity index is 730. The van der Waals surface area contributed by atoms with Crippen molar-refractivity contribution in [2.75, 3.05) is 6.54 Å². The molecule has 0 radical (unpaired) electrons. The minimum Gasteiger partial charge on any atom is -0.444 e. The Morgan fingerprint density at radius 3 is 2.91 bits per heavy atom. The van der Waals surface area contributed by atoms with Crippen LogP contribution < -0.4 is 5.32 Å². The van der Waals surface area contributed by atoms with E-state index >= 15 is 0 Å². The number of aromatic amines is 1. The molecule has 0 spiro atoms. The number of alkyl carbamates (subject to hydrolysis) is 1. The van der Waals surface area contributed by atoms with Gasteiger partial charge < -0.3 is 10.1 Å². The largest absolute Gasteiger partial charge is 0.444 e. The van der Waals surface area contributed by atoms with E-state index in [0.717, 1.165) is 22.0 Å². The number of carbonyl (C=O) groups excluding carboxylic acids is 1. The fraction of sp³-hybridized carbons (Fsp3) is 0.412. The summed E-state index contributed by atoms with van der Waals surface area (Å²) in [7, 11) is 0. The van der Waals surface area contributed by atoms with Crippen LogP contribution in [0.4, 0.5) is 4.79 Å². The third kappa shape index (κ3) is 4.52. The number of nitrogens with one attached hydrogen (secondary N) is 2. The highest BCUT2D eigenvalue weighted by molar-refractivity contribution is 5.80. The van der Waals surface area contributed by atoms with E-state index < -0.39 is 11.7 Å². The lowest BCUT2D eigenvalue weighted by molar-refractivity contribution is 0.0529. The normalized spacial score (nSPS) is 10.9. The molecule has 0 bridgehead atoms. The van der Waals surface area contributed by atoms with Gasteiger partial charge in [0, 0.05) is 23.9 Å². The Balaban J connectivity index is 1.88. The van der Waals surface area contributed by atoms with Crippen LogP contribution in [0.1, 0.15) is 38.3 Å². The molecule has 1 aromatic carbocycles. The van der Waals surface area contributed by atoms with Crippen molar-refractivity contribution in [1.29, 1.82) is 0 Å². The maximum Gasteiger partial charge on any atom is 0.407 e. The Morgan fingerprint density at radius 1 is 1.41 bits per heavy atom. The van der Waals surface area contributed by atoms with Gasteiger partial charge in [0.2, 0.25) is 0 Å². The van der Waals surface area contributed by atoms with E-state index in [1.807, 2.05) is 39.8 Å². The molecule has 0 atom stereocenters. The first-order valence-electron chi connectivity index (χ1n) is 7.24. The number of aromatic nitrogens is 2. The van der Waals surface area contributed by atoms with Crippen LogP contribution in [-0.4, -0.2) is 28.4 Å². The molecule has 0 aliphatic heterocycles. The summed E-state index contributed by atoms with van der Waals surface area (Å²) in [6, 6.07) is 4.05. The summed E-state index contributed by atoms with van der Waals surface area (Å²) in [6.07, 6.45) is 1.94. The van der Waals surface area contributed by atoms with Gasteiger partial charge in [-0.3, -0.25) is 5.10 Å². The highest BCUT2D eigenvalue weighted by Crippen LogP contribution is 2.16. The number of hydrogen-bond acceptors (Lipinski definition) is 3. The number of carbonyl (C=O) groups is 1. The van der Waals surface area contributed by atoms with Crippen LogP contribution in [0.3, 0.4) is 0 Å². The number of fused-ring (bicyclic) bond motifs is 1. The van der Waals surface area contributed by atoms with Gasteiger partial charge in [-0.2, -0.15) is 5.10 Å². The van der Waals surface area contributed by atoms with Gasteiger partial charge in [-0.15, -0.1) is 0 Å². The lowest BCUT2D eigenvalue weighted by Crippen LogP contribution is -2.32. The summed E-state index contributed by atoms with van der Waals surface area (Å²) in [5, 5.41) is 10.7. The van der Waals surface area contributed by atoms with Crippen LogP contribution in [-0.2, 0) is 4.74 Å². The molecule has 5 heteroatoms. The molecule has 0 fully saturated rings. The number of ether oxygens (including phenoxy) is 1. The van der Waals surface area contributed by atoms with E-state index in [1.54, 1.807) is 6.20 Å². The molecule has 1 heterocycles. The van der Waals surface area contributed by atoms with Crippen LogP contribution in [0, 0.1) is 18.8 Å². The van der Waals surface area contributed by atoms with E-state index in [4.69, 9.17) is 4.74 Å². The third-order valence-electron chi connectivity index (χ3n) is 2.93. The van der Waals surface area contributed by atoms with E-state index in [2.05, 4.69) is 27.4 Å². The first kappa shape index (κ1) is 15.9. The minimum absolute atomic E-state index is 0.412. The van der Waals surface area contributed by atoms with E-state index in [9.17, 15) is 4.79 Å². The maximum atomic E-state index is 11.5. The van der Waals surface area contributed by atoms with Crippen molar-refractivity contribution in [3.63, 3.8) is 0 Å². The van der Waals surface area contributed by atoms with Crippen molar-refractivity contribution in [2.45, 2.75) is 39.7 Å². The average Bonchev–Trinajstić information content (AvgIpc) is 2.83. The molecule has 2 N–H and O–H groups in total. The fourth-order valence-corrected chi connectivity index (χ4v) is 1.93. The first-order chi connectivity index (χ1) is 10.3. The number of H-pyrrole nitrogens is 1. The lowest BCUT2D eigenvalue weighted by atomic mass is 10.1. The van der Waals surface area contributed by atoms with Crippen LogP contribution in [0.25, 0.3) is 10.9 Å². The van der Waals surface area contributed by atoms with E-state index in [1.165, 1.54) is 0 Å². The van der Waals surface area contributed by atoms with Gasteiger partial charge in [-0.1, -0.05) is 11.8 Å². The van der Waals surface area contributed by atoms with Crippen molar-refractivity contribution < 1.29 is 9.53 Å². The average molecular weight is 299 g/mol. The number of nitrogens with zero attached hydrogens (tertiary/aromatic N) is 1. The SMILES string of the molecule is Cc1cc2[nH]ncc2cc1C#CCCNC(=O)OC(C)(C)C. The quantitative estimate of drug-likeness (QED) is 0.661.